The molecule has 35 heavy (non-hydrogen) atoms. The van der Waals surface area contributed by atoms with Crippen molar-refractivity contribution in [3.05, 3.63) is 64.9 Å². The van der Waals surface area contributed by atoms with Crippen LogP contribution < -0.4 is 15.0 Å². The third-order valence-electron chi connectivity index (χ3n) is 5.83. The van der Waals surface area contributed by atoms with Crippen molar-refractivity contribution in [2.45, 2.75) is 40.2 Å². The minimum atomic E-state index is -0.974. The number of hydrogen-bond donors (Lipinski definition) is 1. The number of nitriles is 1. The highest BCUT2D eigenvalue weighted by molar-refractivity contribution is 8.14. The number of benzene rings is 2. The first kappa shape index (κ1) is 26.0. The first-order valence-corrected chi connectivity index (χ1v) is 12.3. The molecule has 1 heterocycles. The highest BCUT2D eigenvalue weighted by Crippen LogP contribution is 2.31. The maximum absolute atomic E-state index is 13.4. The number of aliphatic imine (C=N–C) groups is 1. The first-order chi connectivity index (χ1) is 16.6. The molecule has 0 aromatic heterocycles. The van der Waals surface area contributed by atoms with Crippen LogP contribution in [-0.2, 0) is 9.59 Å². The largest absolute Gasteiger partial charge is 0.497 e. The van der Waals surface area contributed by atoms with Crippen molar-refractivity contribution in [2.24, 2.45) is 10.9 Å². The Bertz CT molecular complexity index is 1210. The summed E-state index contributed by atoms with van der Waals surface area (Å²) in [5, 5.41) is 12.7. The first-order valence-electron chi connectivity index (χ1n) is 11.3. The van der Waals surface area contributed by atoms with Gasteiger partial charge in [-0.3, -0.25) is 14.5 Å². The molecule has 2 aromatic rings. The number of amides is 2. The van der Waals surface area contributed by atoms with Crippen molar-refractivity contribution >= 4 is 40.5 Å². The zero-order chi connectivity index (χ0) is 25.8. The van der Waals surface area contributed by atoms with Crippen LogP contribution in [0.5, 0.6) is 5.75 Å². The molecule has 8 heteroatoms. The molecular weight excluding hydrogens is 460 g/mol. The monoisotopic (exact) mass is 490 g/mol. The summed E-state index contributed by atoms with van der Waals surface area (Å²) in [6.45, 7) is 9.41. The fourth-order valence-corrected chi connectivity index (χ4v) is 4.33. The summed E-state index contributed by atoms with van der Waals surface area (Å²) in [5.74, 6) is 0.122. The van der Waals surface area contributed by atoms with Gasteiger partial charge in [0.2, 0.25) is 5.91 Å². The van der Waals surface area contributed by atoms with E-state index >= 15 is 0 Å². The van der Waals surface area contributed by atoms with Crippen LogP contribution in [0.15, 0.2) is 53.2 Å². The number of anilines is 1. The summed E-state index contributed by atoms with van der Waals surface area (Å²) in [4.78, 5) is 32.2. The lowest BCUT2D eigenvalue weighted by Crippen LogP contribution is -2.49. The quantitative estimate of drug-likeness (QED) is 0.560. The van der Waals surface area contributed by atoms with Gasteiger partial charge in [0.1, 0.15) is 17.0 Å². The predicted octanol–water partition coefficient (Wildman–Crippen LogP) is 4.84. The smallest absolute Gasteiger partial charge is 0.283 e. The van der Waals surface area contributed by atoms with E-state index in [0.29, 0.717) is 10.9 Å². The molecule has 182 valence electrons. The van der Waals surface area contributed by atoms with Gasteiger partial charge in [-0.05, 0) is 73.7 Å². The van der Waals surface area contributed by atoms with E-state index in [4.69, 9.17) is 4.74 Å². The zero-order valence-electron chi connectivity index (χ0n) is 20.9. The average molecular weight is 491 g/mol. The molecule has 1 aliphatic heterocycles. The average Bonchev–Trinajstić information content (AvgIpc) is 3.12. The number of ether oxygens (including phenoxy) is 1. The molecule has 7 nitrogen and oxygen atoms in total. The van der Waals surface area contributed by atoms with Gasteiger partial charge in [0.15, 0.2) is 5.17 Å². The van der Waals surface area contributed by atoms with Crippen molar-refractivity contribution in [3.63, 3.8) is 0 Å². The van der Waals surface area contributed by atoms with Gasteiger partial charge in [0, 0.05) is 0 Å². The zero-order valence-corrected chi connectivity index (χ0v) is 21.7. The van der Waals surface area contributed by atoms with Crippen LogP contribution in [0.2, 0.25) is 0 Å². The molecule has 3 rings (SSSR count). The second-order valence-corrected chi connectivity index (χ2v) is 9.93. The van der Waals surface area contributed by atoms with Crippen LogP contribution in [0, 0.1) is 31.1 Å². The van der Waals surface area contributed by atoms with Crippen LogP contribution in [-0.4, -0.2) is 35.4 Å². The highest BCUT2D eigenvalue weighted by Gasteiger charge is 2.34. The van der Waals surface area contributed by atoms with Gasteiger partial charge in [-0.1, -0.05) is 43.8 Å². The minimum Gasteiger partial charge on any atom is -0.497 e. The molecule has 2 amide bonds. The topological polar surface area (TPSA) is 94.8 Å². The van der Waals surface area contributed by atoms with Gasteiger partial charge >= 0.3 is 0 Å². The number of thioether (sulfide) groups is 1. The van der Waals surface area contributed by atoms with E-state index in [9.17, 15) is 14.9 Å². The number of nitrogens with one attached hydrogen (secondary N) is 1. The lowest BCUT2D eigenvalue weighted by atomic mass is 9.90. The molecule has 0 spiro atoms. The second kappa shape index (κ2) is 10.8. The van der Waals surface area contributed by atoms with E-state index in [1.165, 1.54) is 11.8 Å². The Morgan fingerprint density at radius 2 is 1.86 bits per heavy atom. The summed E-state index contributed by atoms with van der Waals surface area (Å²) in [6, 6.07) is 15.4. The molecule has 1 aliphatic rings. The Labute approximate surface area is 210 Å². The normalized spacial score (nSPS) is 16.2. The van der Waals surface area contributed by atoms with Gasteiger partial charge in [-0.25, -0.2) is 4.99 Å². The van der Waals surface area contributed by atoms with Crippen LogP contribution >= 0.6 is 11.8 Å². The Morgan fingerprint density at radius 3 is 2.40 bits per heavy atom. The Kier molecular flexibility index (Phi) is 8.03. The SMILES string of the molecule is COc1ccc(/C=C2\N=C(SCC(=O)NC(C)(C#N)C(C)C)N(c3cc(C)cc(C)c3)C2=O)cc1. The fraction of sp³-hybridized carbons (Fsp3) is 0.333. The van der Waals surface area contributed by atoms with Crippen molar-refractivity contribution in [2.75, 3.05) is 17.8 Å². The molecule has 0 saturated carbocycles. The van der Waals surface area contributed by atoms with E-state index in [-0.39, 0.29) is 29.2 Å². The van der Waals surface area contributed by atoms with Gasteiger partial charge in [-0.15, -0.1) is 0 Å². The van der Waals surface area contributed by atoms with Gasteiger partial charge in [0.25, 0.3) is 5.91 Å². The molecule has 1 N–H and O–H groups in total. The molecule has 0 saturated heterocycles. The number of rotatable bonds is 7. The number of amidine groups is 1. The summed E-state index contributed by atoms with van der Waals surface area (Å²) >= 11 is 1.17. The number of carbonyl (C=O) groups is 2. The summed E-state index contributed by atoms with van der Waals surface area (Å²) in [5.41, 5.74) is 2.84. The molecule has 0 fully saturated rings. The number of hydrogen-bond acceptors (Lipinski definition) is 6. The molecule has 2 aromatic carbocycles. The van der Waals surface area contributed by atoms with Crippen molar-refractivity contribution in [1.82, 2.24) is 5.32 Å². The third-order valence-corrected chi connectivity index (χ3v) is 6.77. The standard InChI is InChI=1S/C27H30N4O3S/c1-17(2)27(5,16-28)30-24(32)15-35-26-29-23(14-20-7-9-22(34-6)10-8-20)25(33)31(26)21-12-18(3)11-19(4)13-21/h7-14,17H,15H2,1-6H3,(H,30,32)/b23-14-. The van der Waals surface area contributed by atoms with E-state index in [1.54, 1.807) is 25.0 Å². The third kappa shape index (κ3) is 6.11. The summed E-state index contributed by atoms with van der Waals surface area (Å²) in [7, 11) is 1.60. The van der Waals surface area contributed by atoms with Crippen molar-refractivity contribution < 1.29 is 14.3 Å². The Hall–Kier alpha value is -3.57. The molecule has 1 atom stereocenters. The number of methoxy groups -OCH3 is 1. The van der Waals surface area contributed by atoms with E-state index in [2.05, 4.69) is 16.4 Å². The van der Waals surface area contributed by atoms with E-state index < -0.39 is 5.54 Å². The van der Waals surface area contributed by atoms with Crippen LogP contribution in [0.25, 0.3) is 6.08 Å². The number of nitrogens with zero attached hydrogens (tertiary/aromatic N) is 3. The second-order valence-electron chi connectivity index (χ2n) is 8.99. The molecule has 0 radical (unpaired) electrons. The van der Waals surface area contributed by atoms with Crippen LogP contribution in [0.1, 0.15) is 37.5 Å². The van der Waals surface area contributed by atoms with E-state index in [0.717, 1.165) is 22.4 Å². The summed E-state index contributed by atoms with van der Waals surface area (Å²) in [6.07, 6.45) is 1.72. The Morgan fingerprint density at radius 1 is 1.23 bits per heavy atom. The molecular formula is C27H30N4O3S. The molecule has 1 unspecified atom stereocenters. The Balaban J connectivity index is 1.91. The maximum atomic E-state index is 13.4. The van der Waals surface area contributed by atoms with Crippen molar-refractivity contribution in [1.29, 1.82) is 5.26 Å². The van der Waals surface area contributed by atoms with Gasteiger partial charge in [0.05, 0.1) is 24.6 Å². The minimum absolute atomic E-state index is 0.0210. The maximum Gasteiger partial charge on any atom is 0.283 e. The molecule has 0 bridgehead atoms. The van der Waals surface area contributed by atoms with E-state index in [1.807, 2.05) is 70.2 Å². The lowest BCUT2D eigenvalue weighted by molar-refractivity contribution is -0.120. The van der Waals surface area contributed by atoms with Crippen LogP contribution in [0.4, 0.5) is 5.69 Å². The lowest BCUT2D eigenvalue weighted by Gasteiger charge is -2.27. The highest BCUT2D eigenvalue weighted by atomic mass is 32.2. The molecule has 0 aliphatic carbocycles. The van der Waals surface area contributed by atoms with Crippen molar-refractivity contribution in [3.8, 4) is 11.8 Å². The van der Waals surface area contributed by atoms with Gasteiger partial charge < -0.3 is 10.1 Å². The summed E-state index contributed by atoms with van der Waals surface area (Å²) < 4.78 is 5.20. The van der Waals surface area contributed by atoms with Gasteiger partial charge in [-0.2, -0.15) is 5.26 Å². The van der Waals surface area contributed by atoms with Crippen LogP contribution in [0.3, 0.4) is 0 Å². The fourth-order valence-electron chi connectivity index (χ4n) is 3.52. The number of carbonyl (C=O) groups excluding carboxylic acids is 2. The predicted molar refractivity (Wildman–Crippen MR) is 141 cm³/mol. The number of aryl methyl sites for hydroxylation is 2.